The van der Waals surface area contributed by atoms with Crippen LogP contribution < -0.4 is 5.19 Å². The first kappa shape index (κ1) is 31.2. The Morgan fingerprint density at radius 2 is 0.940 bits per heavy atom. The Kier molecular flexibility index (Phi) is 8.19. The lowest BCUT2D eigenvalue weighted by molar-refractivity contribution is 1.07. The minimum Gasteiger partial charge on any atom is -0.263 e. The number of rotatable bonds is 7. The van der Waals surface area contributed by atoms with Crippen molar-refractivity contribution in [1.29, 1.82) is 0 Å². The van der Waals surface area contributed by atoms with Gasteiger partial charge in [-0.25, -0.2) is 15.0 Å². The highest BCUT2D eigenvalue weighted by Crippen LogP contribution is 2.35. The number of hydrogen-bond donors (Lipinski definition) is 0. The third-order valence-electron chi connectivity index (χ3n) is 9.15. The van der Waals surface area contributed by atoms with Gasteiger partial charge in [0.1, 0.15) is 0 Å². The number of aromatic nitrogens is 4. The second-order valence-corrected chi connectivity index (χ2v) is 18.7. The van der Waals surface area contributed by atoms with Crippen LogP contribution >= 0.6 is 0 Å². The van der Waals surface area contributed by atoms with Gasteiger partial charge in [0.15, 0.2) is 17.5 Å². The molecule has 0 amide bonds. The second kappa shape index (κ2) is 13.1. The van der Waals surface area contributed by atoms with E-state index in [4.69, 9.17) is 19.9 Å². The van der Waals surface area contributed by atoms with Gasteiger partial charge < -0.3 is 0 Å². The predicted octanol–water partition coefficient (Wildman–Crippen LogP) is 11.0. The van der Waals surface area contributed by atoms with Crippen LogP contribution in [0.15, 0.2) is 164 Å². The highest BCUT2D eigenvalue weighted by molar-refractivity contribution is 6.88. The molecule has 6 aromatic carbocycles. The number of fused-ring (bicyclic) bond motifs is 1. The van der Waals surface area contributed by atoms with Crippen molar-refractivity contribution in [2.24, 2.45) is 0 Å². The highest BCUT2D eigenvalue weighted by atomic mass is 28.3. The van der Waals surface area contributed by atoms with E-state index in [1.807, 2.05) is 48.8 Å². The van der Waals surface area contributed by atoms with E-state index in [2.05, 4.69) is 135 Å². The van der Waals surface area contributed by atoms with Crippen molar-refractivity contribution >= 4 is 24.0 Å². The molecule has 0 aliphatic carbocycles. The van der Waals surface area contributed by atoms with Crippen LogP contribution in [0, 0.1) is 0 Å². The zero-order valence-corrected chi connectivity index (χ0v) is 29.4. The molecule has 0 radical (unpaired) electrons. The van der Waals surface area contributed by atoms with Gasteiger partial charge in [0.05, 0.1) is 8.07 Å². The van der Waals surface area contributed by atoms with Gasteiger partial charge in [-0.05, 0) is 62.9 Å². The molecule has 0 saturated heterocycles. The molecule has 8 aromatic rings. The Bertz CT molecular complexity index is 2450. The van der Waals surface area contributed by atoms with E-state index >= 15 is 0 Å². The first-order valence-corrected chi connectivity index (χ1v) is 20.5. The van der Waals surface area contributed by atoms with Crippen molar-refractivity contribution in [2.75, 3.05) is 0 Å². The molecule has 0 saturated carbocycles. The van der Waals surface area contributed by atoms with Crippen LogP contribution in [-0.4, -0.2) is 28.0 Å². The number of nitrogens with zero attached hydrogens (tertiary/aromatic N) is 4. The molecule has 2 heterocycles. The van der Waals surface area contributed by atoms with Crippen LogP contribution in [0.5, 0.6) is 0 Å². The fourth-order valence-electron chi connectivity index (χ4n) is 6.40. The lowest BCUT2D eigenvalue weighted by atomic mass is 9.93. The van der Waals surface area contributed by atoms with Gasteiger partial charge >= 0.3 is 0 Å². The zero-order chi connectivity index (χ0) is 34.1. The molecular weight excluding hydrogens is 625 g/mol. The molecule has 50 heavy (non-hydrogen) atoms. The summed E-state index contributed by atoms with van der Waals surface area (Å²) < 4.78 is 0. The number of pyridine rings is 1. The normalized spacial score (nSPS) is 11.5. The summed E-state index contributed by atoms with van der Waals surface area (Å²) >= 11 is 0. The Morgan fingerprint density at radius 1 is 0.380 bits per heavy atom. The van der Waals surface area contributed by atoms with Crippen molar-refractivity contribution < 1.29 is 0 Å². The molecule has 8 rings (SSSR count). The van der Waals surface area contributed by atoms with Gasteiger partial charge in [-0.1, -0.05) is 152 Å². The van der Waals surface area contributed by atoms with E-state index in [0.29, 0.717) is 17.5 Å². The fraction of sp³-hybridized carbons (Fsp3) is 0.0667. The van der Waals surface area contributed by atoms with Crippen LogP contribution in [0.2, 0.25) is 19.6 Å². The average Bonchev–Trinajstić information content (AvgIpc) is 3.18. The Labute approximate surface area is 294 Å². The smallest absolute Gasteiger partial charge is 0.165 e. The lowest BCUT2D eigenvalue weighted by Gasteiger charge is -2.17. The predicted molar refractivity (Wildman–Crippen MR) is 211 cm³/mol. The summed E-state index contributed by atoms with van der Waals surface area (Å²) in [5.41, 5.74) is 9.45. The van der Waals surface area contributed by atoms with Crippen molar-refractivity contribution in [3.05, 3.63) is 164 Å². The van der Waals surface area contributed by atoms with Crippen molar-refractivity contribution in [2.45, 2.75) is 19.6 Å². The summed E-state index contributed by atoms with van der Waals surface area (Å²) in [7, 11) is -1.41. The number of benzene rings is 6. The molecule has 5 heteroatoms. The van der Waals surface area contributed by atoms with Gasteiger partial charge in [-0.3, -0.25) is 4.98 Å². The van der Waals surface area contributed by atoms with Crippen LogP contribution in [0.1, 0.15) is 0 Å². The van der Waals surface area contributed by atoms with E-state index in [-0.39, 0.29) is 0 Å². The van der Waals surface area contributed by atoms with Crippen molar-refractivity contribution in [3.63, 3.8) is 0 Å². The van der Waals surface area contributed by atoms with Gasteiger partial charge in [0.2, 0.25) is 0 Å². The Hall–Kier alpha value is -6.04. The maximum absolute atomic E-state index is 5.05. The third-order valence-corrected chi connectivity index (χ3v) is 11.2. The summed E-state index contributed by atoms with van der Waals surface area (Å²) in [6.07, 6.45) is 3.77. The molecule has 0 atom stereocenters. The zero-order valence-electron chi connectivity index (χ0n) is 28.4. The minimum absolute atomic E-state index is 0.580. The van der Waals surface area contributed by atoms with Crippen LogP contribution in [-0.2, 0) is 0 Å². The molecule has 0 aliphatic rings. The Morgan fingerprint density at radius 3 is 1.66 bits per heavy atom. The molecule has 0 unspecified atom stereocenters. The summed E-state index contributed by atoms with van der Waals surface area (Å²) in [6.45, 7) is 7.16. The number of hydrogen-bond acceptors (Lipinski definition) is 4. The van der Waals surface area contributed by atoms with Gasteiger partial charge in [0, 0.05) is 34.6 Å². The Balaban J connectivity index is 1.24. The van der Waals surface area contributed by atoms with Crippen LogP contribution in [0.3, 0.4) is 0 Å². The third kappa shape index (κ3) is 6.39. The minimum atomic E-state index is -1.41. The topological polar surface area (TPSA) is 51.6 Å². The van der Waals surface area contributed by atoms with E-state index in [9.17, 15) is 0 Å². The molecule has 0 bridgehead atoms. The summed E-state index contributed by atoms with van der Waals surface area (Å²) in [5.74, 6) is 1.82. The van der Waals surface area contributed by atoms with E-state index in [0.717, 1.165) is 38.9 Å². The van der Waals surface area contributed by atoms with E-state index in [1.165, 1.54) is 27.1 Å². The average molecular weight is 661 g/mol. The monoisotopic (exact) mass is 660 g/mol. The quantitative estimate of drug-likeness (QED) is 0.160. The molecule has 0 N–H and O–H groups in total. The largest absolute Gasteiger partial charge is 0.263 e. The summed E-state index contributed by atoms with van der Waals surface area (Å²) in [4.78, 5) is 19.7. The van der Waals surface area contributed by atoms with E-state index < -0.39 is 8.07 Å². The first-order chi connectivity index (χ1) is 24.4. The van der Waals surface area contributed by atoms with Gasteiger partial charge in [0.25, 0.3) is 0 Å². The van der Waals surface area contributed by atoms with E-state index in [1.54, 1.807) is 0 Å². The molecule has 2 aromatic heterocycles. The summed E-state index contributed by atoms with van der Waals surface area (Å²) in [5, 5.41) is 3.87. The molecule has 0 fully saturated rings. The maximum Gasteiger partial charge on any atom is 0.165 e. The molecule has 240 valence electrons. The van der Waals surface area contributed by atoms with Gasteiger partial charge in [-0.2, -0.15) is 0 Å². The SMILES string of the molecule is C[Si](C)(C)c1ccc(-c2cc(-c3cncc(-c4nc(-c5ccccc5)nc(-c5cccc(-c6ccccc6)c5)n4)c3)cc3ccccc23)cc1. The maximum atomic E-state index is 5.05. The molecule has 4 nitrogen and oxygen atoms in total. The van der Waals surface area contributed by atoms with Crippen molar-refractivity contribution in [1.82, 2.24) is 19.9 Å². The van der Waals surface area contributed by atoms with Crippen molar-refractivity contribution in [3.8, 4) is 67.5 Å². The second-order valence-electron chi connectivity index (χ2n) is 13.7. The molecular formula is C45H36N4Si. The van der Waals surface area contributed by atoms with Crippen LogP contribution in [0.25, 0.3) is 78.3 Å². The fourth-order valence-corrected chi connectivity index (χ4v) is 7.57. The standard InChI is InChI=1S/C45H36N4Si/c1-50(2,3)40-23-21-32(22-24-40)42-28-37(26-35-17-10-11-20-41(35)42)38-27-39(30-46-29-38)45-48-43(33-15-8-5-9-16-33)47-44(49-45)36-19-12-18-34(25-36)31-13-6-4-7-14-31/h4-30H,1-3H3. The highest BCUT2D eigenvalue weighted by Gasteiger charge is 2.18. The lowest BCUT2D eigenvalue weighted by Crippen LogP contribution is -2.37. The summed E-state index contributed by atoms with van der Waals surface area (Å²) in [6, 6.07) is 53.3. The van der Waals surface area contributed by atoms with Crippen LogP contribution in [0.4, 0.5) is 0 Å². The molecule has 0 spiro atoms. The molecule has 0 aliphatic heterocycles. The van der Waals surface area contributed by atoms with Gasteiger partial charge in [-0.15, -0.1) is 0 Å². The first-order valence-electron chi connectivity index (χ1n) is 17.0.